The van der Waals surface area contributed by atoms with Gasteiger partial charge in [-0.25, -0.2) is 14.9 Å². The molecule has 1 aromatic heterocycles. The molecule has 5 aromatic rings. The van der Waals surface area contributed by atoms with Crippen molar-refractivity contribution >= 4 is 57.8 Å². The van der Waals surface area contributed by atoms with E-state index >= 15 is 0 Å². The van der Waals surface area contributed by atoms with E-state index in [9.17, 15) is 14.7 Å². The zero-order valence-electron chi connectivity index (χ0n) is 21.4. The van der Waals surface area contributed by atoms with E-state index in [1.807, 2.05) is 66.7 Å². The average molecular weight is 545 g/mol. The number of primary amides is 1. The Kier molecular flexibility index (Phi) is 8.06. The molecule has 0 unspecified atom stereocenters. The molecular formula is C33H26N3O3S+. The van der Waals surface area contributed by atoms with Gasteiger partial charge in [-0.3, -0.25) is 5.41 Å². The van der Waals surface area contributed by atoms with Crippen LogP contribution in [0.5, 0.6) is 0 Å². The van der Waals surface area contributed by atoms with Crippen molar-refractivity contribution in [3.63, 3.8) is 0 Å². The second-order valence-corrected chi connectivity index (χ2v) is 10.0. The van der Waals surface area contributed by atoms with Crippen LogP contribution < -0.4 is 10.2 Å². The van der Waals surface area contributed by atoms with Gasteiger partial charge in [0.15, 0.2) is 5.71 Å². The van der Waals surface area contributed by atoms with E-state index < -0.39 is 17.6 Å². The number of amides is 1. The van der Waals surface area contributed by atoms with Crippen molar-refractivity contribution in [3.8, 4) is 10.4 Å². The third-order valence-corrected chi connectivity index (χ3v) is 7.28. The van der Waals surface area contributed by atoms with Gasteiger partial charge in [0, 0.05) is 26.8 Å². The van der Waals surface area contributed by atoms with E-state index in [1.165, 1.54) is 22.7 Å². The van der Waals surface area contributed by atoms with Gasteiger partial charge < -0.3 is 10.0 Å². The Labute approximate surface area is 236 Å². The van der Waals surface area contributed by atoms with Crippen molar-refractivity contribution in [2.75, 3.05) is 4.90 Å². The summed E-state index contributed by atoms with van der Waals surface area (Å²) in [7, 11) is 0. The third-order valence-electron chi connectivity index (χ3n) is 6.20. The summed E-state index contributed by atoms with van der Waals surface area (Å²) in [4.78, 5) is 28.4. The molecular weight excluding hydrogens is 518 g/mol. The van der Waals surface area contributed by atoms with Gasteiger partial charge >= 0.3 is 11.9 Å². The highest BCUT2D eigenvalue weighted by molar-refractivity contribution is 7.16. The van der Waals surface area contributed by atoms with Gasteiger partial charge in [0.25, 0.3) is 0 Å². The van der Waals surface area contributed by atoms with Gasteiger partial charge in [-0.05, 0) is 72.3 Å². The fourth-order valence-corrected chi connectivity index (χ4v) is 5.22. The van der Waals surface area contributed by atoms with E-state index in [-0.39, 0.29) is 5.57 Å². The summed E-state index contributed by atoms with van der Waals surface area (Å²) in [5.41, 5.74) is 3.85. The molecule has 0 atom stereocenters. The maximum absolute atomic E-state index is 12.9. The topological polar surface area (TPSA) is 98.1 Å². The van der Waals surface area contributed by atoms with Crippen molar-refractivity contribution < 1.29 is 20.0 Å². The molecule has 0 fully saturated rings. The normalized spacial score (nSPS) is 11.2. The summed E-state index contributed by atoms with van der Waals surface area (Å²) in [5.74, 6) is -1.98. The first-order chi connectivity index (χ1) is 19.5. The van der Waals surface area contributed by atoms with E-state index in [4.69, 9.17) is 5.41 Å². The number of carbonyl (C=O) groups excluding carboxylic acids is 1. The molecule has 4 N–H and O–H groups in total. The van der Waals surface area contributed by atoms with Crippen LogP contribution in [0.3, 0.4) is 0 Å². The first-order valence-corrected chi connectivity index (χ1v) is 13.4. The summed E-state index contributed by atoms with van der Waals surface area (Å²) in [6.45, 7) is 0. The highest BCUT2D eigenvalue weighted by Crippen LogP contribution is 2.36. The van der Waals surface area contributed by atoms with Gasteiger partial charge in [0.1, 0.15) is 11.3 Å². The predicted molar refractivity (Wildman–Crippen MR) is 161 cm³/mol. The van der Waals surface area contributed by atoms with Crippen LogP contribution in [0.2, 0.25) is 0 Å². The molecule has 0 radical (unpaired) electrons. The maximum atomic E-state index is 12.9. The fourth-order valence-electron chi connectivity index (χ4n) is 4.26. The molecule has 0 aliphatic heterocycles. The van der Waals surface area contributed by atoms with Crippen molar-refractivity contribution in [2.24, 2.45) is 0 Å². The number of quaternary nitrogens is 1. The van der Waals surface area contributed by atoms with Gasteiger partial charge in [0.2, 0.25) is 0 Å². The molecule has 1 amide bonds. The summed E-state index contributed by atoms with van der Waals surface area (Å²) in [5, 5.41) is 18.8. The summed E-state index contributed by atoms with van der Waals surface area (Å²) in [6, 6.07) is 41.2. The summed E-state index contributed by atoms with van der Waals surface area (Å²) < 4.78 is 0. The lowest BCUT2D eigenvalue weighted by atomic mass is 10.1. The largest absolute Gasteiger partial charge is 0.477 e. The number of rotatable bonds is 9. The molecule has 0 saturated heterocycles. The second-order valence-electron chi connectivity index (χ2n) is 8.91. The molecule has 1 heterocycles. The third kappa shape index (κ3) is 6.13. The molecule has 0 aliphatic rings. The summed E-state index contributed by atoms with van der Waals surface area (Å²) in [6.07, 6.45) is 1.48. The molecule has 6 nitrogen and oxygen atoms in total. The fraction of sp³-hybridized carbons (Fsp3) is 0. The Balaban J connectivity index is 1.42. The smallest absolute Gasteiger partial charge is 0.354 e. The van der Waals surface area contributed by atoms with E-state index in [0.717, 1.165) is 27.5 Å². The number of nitrogens with one attached hydrogen (secondary N) is 1. The first-order valence-electron chi connectivity index (χ1n) is 12.6. The molecule has 0 aliphatic carbocycles. The number of thiophene rings is 1. The van der Waals surface area contributed by atoms with Crippen LogP contribution in [0, 0.1) is 5.41 Å². The number of carboxylic acids is 1. The number of aliphatic carboxylic acids is 1. The molecule has 7 heteroatoms. The van der Waals surface area contributed by atoms with Crippen LogP contribution in [0.1, 0.15) is 4.88 Å². The van der Waals surface area contributed by atoms with Crippen LogP contribution >= 0.6 is 11.3 Å². The van der Waals surface area contributed by atoms with Crippen LogP contribution in [-0.4, -0.2) is 22.7 Å². The number of anilines is 3. The maximum Gasteiger partial charge on any atom is 0.354 e. The van der Waals surface area contributed by atoms with Crippen molar-refractivity contribution in [3.05, 3.63) is 138 Å². The second kappa shape index (κ2) is 12.2. The number of benzene rings is 4. The van der Waals surface area contributed by atoms with Crippen molar-refractivity contribution in [1.29, 1.82) is 5.41 Å². The van der Waals surface area contributed by atoms with Crippen LogP contribution in [0.4, 0.5) is 22.7 Å². The average Bonchev–Trinajstić information content (AvgIpc) is 3.46. The number of carboxylic acid groups (broad SMARTS) is 1. The Hall–Kier alpha value is -5.11. The highest BCUT2D eigenvalue weighted by Gasteiger charge is 2.25. The molecule has 0 spiro atoms. The van der Waals surface area contributed by atoms with Gasteiger partial charge in [-0.2, -0.15) is 0 Å². The zero-order chi connectivity index (χ0) is 27.9. The molecule has 196 valence electrons. The number of nitrogens with two attached hydrogens (primary N) is 1. The highest BCUT2D eigenvalue weighted by atomic mass is 32.1. The predicted octanol–water partition coefficient (Wildman–Crippen LogP) is 6.79. The minimum atomic E-state index is -1.45. The number of hydrogen-bond donors (Lipinski definition) is 3. The number of para-hydroxylation sites is 3. The minimum Gasteiger partial charge on any atom is -0.477 e. The molecule has 0 bridgehead atoms. The molecule has 0 saturated carbocycles. The molecule has 40 heavy (non-hydrogen) atoms. The minimum absolute atomic E-state index is 0.165. The lowest BCUT2D eigenvalue weighted by Crippen LogP contribution is -2.83. The molecule has 5 rings (SSSR count). The first kappa shape index (κ1) is 26.5. The SMILES string of the molecule is N=C(C(=O)O)/C(=C/c1ccc(-c2ccc(N(c3ccccc3)c3ccccc3)cc2)s1)C(=O)[NH2+]c1ccccc1. The van der Waals surface area contributed by atoms with E-state index in [0.29, 0.717) is 10.6 Å². The van der Waals surface area contributed by atoms with Gasteiger partial charge in [-0.15, -0.1) is 11.3 Å². The summed E-state index contributed by atoms with van der Waals surface area (Å²) >= 11 is 1.43. The van der Waals surface area contributed by atoms with Crippen molar-refractivity contribution in [2.45, 2.75) is 0 Å². The van der Waals surface area contributed by atoms with Crippen LogP contribution in [-0.2, 0) is 9.59 Å². The Morgan fingerprint density at radius 3 is 1.77 bits per heavy atom. The molecule has 4 aromatic carbocycles. The Bertz CT molecular complexity index is 1620. The van der Waals surface area contributed by atoms with Gasteiger partial charge in [0.05, 0.1) is 0 Å². The quantitative estimate of drug-likeness (QED) is 0.108. The van der Waals surface area contributed by atoms with E-state index in [2.05, 4.69) is 41.3 Å². The Morgan fingerprint density at radius 2 is 1.23 bits per heavy atom. The monoisotopic (exact) mass is 544 g/mol. The van der Waals surface area contributed by atoms with E-state index in [1.54, 1.807) is 24.3 Å². The number of nitrogens with zero attached hydrogens (tertiary/aromatic N) is 1. The standard InChI is InChI=1S/C33H25N3O3S/c34-31(33(38)39)29(32(37)35-24-10-4-1-5-11-24)22-28-20-21-30(40-28)23-16-18-27(19-17-23)36(25-12-6-2-7-13-25)26-14-8-3-9-15-26/h1-22,34H,(H,35,37)(H,38,39)/p+1/b29-22-,34-31?. The number of hydrogen-bond acceptors (Lipinski definition) is 5. The van der Waals surface area contributed by atoms with Crippen molar-refractivity contribution in [1.82, 2.24) is 0 Å². The lowest BCUT2D eigenvalue weighted by Gasteiger charge is -2.25. The Morgan fingerprint density at radius 1 is 0.700 bits per heavy atom. The van der Waals surface area contributed by atoms with Crippen LogP contribution in [0.15, 0.2) is 133 Å². The lowest BCUT2D eigenvalue weighted by molar-refractivity contribution is -0.478. The van der Waals surface area contributed by atoms with Gasteiger partial charge in [-0.1, -0.05) is 66.7 Å². The zero-order valence-corrected chi connectivity index (χ0v) is 22.2. The number of carbonyl (C=O) groups is 2. The van der Waals surface area contributed by atoms with Crippen LogP contribution in [0.25, 0.3) is 16.5 Å².